The first kappa shape index (κ1) is 21.4. The minimum atomic E-state index is -0.444. The van der Waals surface area contributed by atoms with Crippen molar-refractivity contribution < 1.29 is 4.79 Å². The van der Waals surface area contributed by atoms with Gasteiger partial charge in [-0.2, -0.15) is 0 Å². The number of nitrogens with zero attached hydrogens (tertiary/aromatic N) is 4. The Labute approximate surface area is 207 Å². The van der Waals surface area contributed by atoms with Crippen LogP contribution in [0.25, 0.3) is 22.0 Å². The molecule has 1 amide bonds. The first-order chi connectivity index (χ1) is 17.0. The van der Waals surface area contributed by atoms with Gasteiger partial charge >= 0.3 is 0 Å². The summed E-state index contributed by atoms with van der Waals surface area (Å²) in [5.41, 5.74) is 4.30. The van der Waals surface area contributed by atoms with Gasteiger partial charge in [-0.3, -0.25) is 14.7 Å². The van der Waals surface area contributed by atoms with Crippen molar-refractivity contribution in [2.75, 3.05) is 26.2 Å². The monoisotopic (exact) mass is 466 g/mol. The predicted molar refractivity (Wildman–Crippen MR) is 141 cm³/mol. The maximum absolute atomic E-state index is 13.3. The molecular formula is C30H34N4O. The molecule has 0 atom stereocenters. The zero-order valence-electron chi connectivity index (χ0n) is 20.8. The Morgan fingerprint density at radius 3 is 2.31 bits per heavy atom. The van der Waals surface area contributed by atoms with Gasteiger partial charge in [-0.15, -0.1) is 0 Å². The van der Waals surface area contributed by atoms with Gasteiger partial charge in [0, 0.05) is 60.8 Å². The first-order valence-corrected chi connectivity index (χ1v) is 13.3. The minimum Gasteiger partial charge on any atom is -0.345 e. The van der Waals surface area contributed by atoms with Crippen LogP contribution in [0.2, 0.25) is 0 Å². The molecule has 1 spiro atoms. The molecular weight excluding hydrogens is 432 g/mol. The van der Waals surface area contributed by atoms with E-state index < -0.39 is 5.54 Å². The van der Waals surface area contributed by atoms with Gasteiger partial charge in [-0.1, -0.05) is 30.3 Å². The molecule has 1 aromatic heterocycles. The van der Waals surface area contributed by atoms with Crippen LogP contribution in [0.1, 0.15) is 51.1 Å². The Morgan fingerprint density at radius 2 is 1.63 bits per heavy atom. The van der Waals surface area contributed by atoms with Crippen LogP contribution in [0.3, 0.4) is 0 Å². The summed E-state index contributed by atoms with van der Waals surface area (Å²) in [7, 11) is 0. The number of aromatic nitrogens is 1. The summed E-state index contributed by atoms with van der Waals surface area (Å²) in [6.07, 6.45) is 6.78. The Morgan fingerprint density at radius 1 is 0.914 bits per heavy atom. The third-order valence-corrected chi connectivity index (χ3v) is 8.38. The molecule has 2 aliphatic heterocycles. The summed E-state index contributed by atoms with van der Waals surface area (Å²) in [5, 5.41) is 1.27. The molecule has 180 valence electrons. The highest BCUT2D eigenvalue weighted by Gasteiger charge is 2.57. The summed E-state index contributed by atoms with van der Waals surface area (Å²) >= 11 is 0. The number of amides is 1. The number of hydrogen-bond donors (Lipinski definition) is 0. The van der Waals surface area contributed by atoms with E-state index in [4.69, 9.17) is 4.99 Å². The second-order valence-corrected chi connectivity index (χ2v) is 11.6. The van der Waals surface area contributed by atoms with E-state index in [1.165, 1.54) is 41.4 Å². The van der Waals surface area contributed by atoms with Crippen LogP contribution < -0.4 is 0 Å². The first-order valence-electron chi connectivity index (χ1n) is 13.3. The molecule has 0 bridgehead atoms. The van der Waals surface area contributed by atoms with Crippen LogP contribution in [0.15, 0.2) is 59.7 Å². The third kappa shape index (κ3) is 3.72. The maximum Gasteiger partial charge on any atom is 0.256 e. The lowest BCUT2D eigenvalue weighted by Crippen LogP contribution is -2.53. The van der Waals surface area contributed by atoms with Crippen LogP contribution in [0.5, 0.6) is 0 Å². The summed E-state index contributed by atoms with van der Waals surface area (Å²) in [5.74, 6) is 2.63. The molecule has 3 heterocycles. The van der Waals surface area contributed by atoms with Gasteiger partial charge in [0.05, 0.1) is 0 Å². The van der Waals surface area contributed by atoms with Crippen molar-refractivity contribution >= 4 is 22.6 Å². The lowest BCUT2D eigenvalue weighted by atomic mass is 9.98. The number of amidine groups is 1. The van der Waals surface area contributed by atoms with Crippen molar-refractivity contribution in [1.82, 2.24) is 14.4 Å². The normalized spacial score (nSPS) is 21.9. The van der Waals surface area contributed by atoms with E-state index in [1.54, 1.807) is 0 Å². The van der Waals surface area contributed by atoms with E-state index in [0.29, 0.717) is 12.0 Å². The maximum atomic E-state index is 13.3. The van der Waals surface area contributed by atoms with Crippen LogP contribution >= 0.6 is 0 Å². The number of fused-ring (bicyclic) bond motifs is 1. The van der Waals surface area contributed by atoms with Crippen LogP contribution in [0, 0.1) is 11.8 Å². The van der Waals surface area contributed by atoms with E-state index >= 15 is 0 Å². The molecule has 3 fully saturated rings. The van der Waals surface area contributed by atoms with Gasteiger partial charge < -0.3 is 9.47 Å². The molecule has 0 unspecified atom stereocenters. The van der Waals surface area contributed by atoms with Gasteiger partial charge in [0.1, 0.15) is 11.4 Å². The summed E-state index contributed by atoms with van der Waals surface area (Å²) in [6, 6.07) is 18.0. The van der Waals surface area contributed by atoms with Crippen molar-refractivity contribution in [1.29, 1.82) is 0 Å². The van der Waals surface area contributed by atoms with Gasteiger partial charge in [-0.05, 0) is 74.8 Å². The number of carbonyl (C=O) groups excluding carboxylic acids is 1. The molecule has 3 aromatic rings. The smallest absolute Gasteiger partial charge is 0.256 e. The van der Waals surface area contributed by atoms with Crippen LogP contribution in [0.4, 0.5) is 0 Å². The number of carbonyl (C=O) groups is 1. The highest BCUT2D eigenvalue weighted by molar-refractivity contribution is 6.16. The van der Waals surface area contributed by atoms with Crippen LogP contribution in [-0.2, 0) is 4.79 Å². The minimum absolute atomic E-state index is 0.234. The van der Waals surface area contributed by atoms with Crippen molar-refractivity contribution in [3.8, 4) is 11.1 Å². The molecule has 35 heavy (non-hydrogen) atoms. The third-order valence-electron chi connectivity index (χ3n) is 8.38. The van der Waals surface area contributed by atoms with E-state index in [-0.39, 0.29) is 5.91 Å². The quantitative estimate of drug-likeness (QED) is 0.471. The largest absolute Gasteiger partial charge is 0.345 e. The fourth-order valence-electron chi connectivity index (χ4n) is 5.96. The number of aliphatic imine (C=N–C) groups is 1. The lowest BCUT2D eigenvalue weighted by Gasteiger charge is -2.41. The number of likely N-dealkylation sites (tertiary alicyclic amines) is 1. The second kappa shape index (κ2) is 7.79. The molecule has 7 rings (SSSR count). The fraction of sp³-hybridized carbons (Fsp3) is 0.467. The second-order valence-electron chi connectivity index (χ2n) is 11.6. The van der Waals surface area contributed by atoms with Crippen molar-refractivity contribution in [2.45, 2.75) is 51.1 Å². The van der Waals surface area contributed by atoms with Crippen molar-refractivity contribution in [2.24, 2.45) is 16.8 Å². The summed E-state index contributed by atoms with van der Waals surface area (Å²) in [6.45, 7) is 8.75. The topological polar surface area (TPSA) is 40.8 Å². The Balaban J connectivity index is 1.10. The molecule has 0 N–H and O–H groups in total. The van der Waals surface area contributed by atoms with Gasteiger partial charge in [0.15, 0.2) is 0 Å². The van der Waals surface area contributed by atoms with E-state index in [2.05, 4.69) is 78.0 Å². The lowest BCUT2D eigenvalue weighted by molar-refractivity contribution is -0.129. The molecule has 2 saturated carbocycles. The highest BCUT2D eigenvalue weighted by atomic mass is 16.2. The summed E-state index contributed by atoms with van der Waals surface area (Å²) < 4.78 is 2.31. The van der Waals surface area contributed by atoms with E-state index in [0.717, 1.165) is 49.8 Å². The Kier molecular flexibility index (Phi) is 4.76. The summed E-state index contributed by atoms with van der Waals surface area (Å²) in [4.78, 5) is 22.8. The van der Waals surface area contributed by atoms with E-state index in [9.17, 15) is 4.79 Å². The standard InChI is InChI=1S/C30H34N4O/c1-20(2)33-14-11-26-15-25(9-10-27(26)33)23-5-7-24(8-6-23)28-31-30(12-13-30)29(35)34(28)19-22-17-32(18-22)16-21-3-4-21/h5-11,14-15,20-22H,3-4,12-13,16-19H2,1-2H3. The van der Waals surface area contributed by atoms with Crippen molar-refractivity contribution in [3.05, 3.63) is 60.3 Å². The predicted octanol–water partition coefficient (Wildman–Crippen LogP) is 5.35. The molecule has 2 aliphatic carbocycles. The molecule has 4 aliphatic rings. The molecule has 1 saturated heterocycles. The number of benzene rings is 2. The number of rotatable bonds is 7. The zero-order valence-corrected chi connectivity index (χ0v) is 20.8. The fourth-order valence-corrected chi connectivity index (χ4v) is 5.96. The molecule has 2 aromatic carbocycles. The number of hydrogen-bond acceptors (Lipinski definition) is 3. The van der Waals surface area contributed by atoms with Crippen molar-refractivity contribution in [3.63, 3.8) is 0 Å². The van der Waals surface area contributed by atoms with Gasteiger partial charge in [0.25, 0.3) is 5.91 Å². The van der Waals surface area contributed by atoms with Gasteiger partial charge in [-0.25, -0.2) is 0 Å². The highest BCUT2D eigenvalue weighted by Crippen LogP contribution is 2.46. The Hall–Kier alpha value is -2.92. The van der Waals surface area contributed by atoms with Crippen LogP contribution in [-0.4, -0.2) is 57.8 Å². The molecule has 5 nitrogen and oxygen atoms in total. The average Bonchev–Trinajstić information content (AvgIpc) is 3.75. The Bertz CT molecular complexity index is 1320. The molecule has 5 heteroatoms. The average molecular weight is 467 g/mol. The van der Waals surface area contributed by atoms with E-state index in [1.807, 2.05) is 4.90 Å². The SMILES string of the molecule is CC(C)n1ccc2cc(-c3ccc(C4=NC5(CC5)C(=O)N4CC4CN(CC5CC5)C4)cc3)ccc21. The van der Waals surface area contributed by atoms with Gasteiger partial charge in [0.2, 0.25) is 0 Å². The zero-order chi connectivity index (χ0) is 23.7. The molecule has 0 radical (unpaired) electrons.